The second-order valence-corrected chi connectivity index (χ2v) is 9.14. The van der Waals surface area contributed by atoms with Crippen LogP contribution < -0.4 is 0 Å². The van der Waals surface area contributed by atoms with Gasteiger partial charge in [0.05, 0.1) is 18.2 Å². The molecule has 0 aliphatic heterocycles. The highest BCUT2D eigenvalue weighted by Crippen LogP contribution is 2.32. The summed E-state index contributed by atoms with van der Waals surface area (Å²) in [5.41, 5.74) is 6.99. The third kappa shape index (κ3) is 7.19. The number of aliphatic imine (C=N–C) groups is 1. The molecule has 0 radical (unpaired) electrons. The molecule has 1 saturated carbocycles. The monoisotopic (exact) mass is 440 g/mol. The predicted octanol–water partition coefficient (Wildman–Crippen LogP) is 7.63. The SMILES string of the molecule is C=C1CCC(COC(/C=C(\CC(CC)c2ccc(C#N)cc2)c2ccc(C)cc2)=NC)CC1. The summed E-state index contributed by atoms with van der Waals surface area (Å²) in [5.74, 6) is 1.63. The van der Waals surface area contributed by atoms with Crippen LogP contribution >= 0.6 is 0 Å². The van der Waals surface area contributed by atoms with Crippen molar-refractivity contribution in [3.05, 3.63) is 89.0 Å². The molecular formula is C30H36N2O. The Morgan fingerprint density at radius 3 is 2.39 bits per heavy atom. The number of rotatable bonds is 8. The van der Waals surface area contributed by atoms with Crippen LogP contribution in [-0.4, -0.2) is 19.6 Å². The summed E-state index contributed by atoms with van der Waals surface area (Å²) in [6, 6.07) is 18.9. The van der Waals surface area contributed by atoms with E-state index in [1.54, 1.807) is 7.05 Å². The lowest BCUT2D eigenvalue weighted by atomic mass is 9.86. The molecule has 1 aliphatic rings. The molecule has 3 rings (SSSR count). The maximum absolute atomic E-state index is 9.13. The Balaban J connectivity index is 1.81. The third-order valence-electron chi connectivity index (χ3n) is 6.69. The minimum Gasteiger partial charge on any atom is -0.478 e. The minimum absolute atomic E-state index is 0.354. The van der Waals surface area contributed by atoms with Crippen LogP contribution in [0.25, 0.3) is 5.57 Å². The summed E-state index contributed by atoms with van der Waals surface area (Å²) in [7, 11) is 1.80. The summed E-state index contributed by atoms with van der Waals surface area (Å²) in [6.07, 6.45) is 8.55. The summed E-state index contributed by atoms with van der Waals surface area (Å²) in [6.45, 7) is 9.16. The van der Waals surface area contributed by atoms with Crippen molar-refractivity contribution in [2.75, 3.05) is 13.7 Å². The van der Waals surface area contributed by atoms with Crippen molar-refractivity contribution < 1.29 is 4.74 Å². The van der Waals surface area contributed by atoms with Crippen LogP contribution in [0.2, 0.25) is 0 Å². The van der Waals surface area contributed by atoms with Gasteiger partial charge in [0.25, 0.3) is 0 Å². The zero-order chi connectivity index (χ0) is 23.6. The van der Waals surface area contributed by atoms with Gasteiger partial charge in [0, 0.05) is 13.1 Å². The number of hydrogen-bond acceptors (Lipinski definition) is 3. The van der Waals surface area contributed by atoms with Crippen molar-refractivity contribution in [1.29, 1.82) is 5.26 Å². The van der Waals surface area contributed by atoms with Crippen LogP contribution in [0.5, 0.6) is 0 Å². The molecule has 0 aromatic heterocycles. The van der Waals surface area contributed by atoms with Gasteiger partial charge in [0.2, 0.25) is 5.90 Å². The predicted molar refractivity (Wildman–Crippen MR) is 138 cm³/mol. The van der Waals surface area contributed by atoms with Gasteiger partial charge in [-0.15, -0.1) is 0 Å². The first-order chi connectivity index (χ1) is 16.0. The lowest BCUT2D eigenvalue weighted by Gasteiger charge is -2.23. The zero-order valence-corrected chi connectivity index (χ0v) is 20.3. The van der Waals surface area contributed by atoms with Crippen LogP contribution in [0.15, 0.2) is 71.8 Å². The normalized spacial score (nSPS) is 16.4. The molecule has 2 aromatic rings. The Labute approximate surface area is 199 Å². The van der Waals surface area contributed by atoms with E-state index >= 15 is 0 Å². The number of aryl methyl sites for hydroxylation is 1. The van der Waals surface area contributed by atoms with E-state index in [4.69, 9.17) is 10.00 Å². The molecule has 0 N–H and O–H groups in total. The average Bonchev–Trinajstić information content (AvgIpc) is 2.85. The highest BCUT2D eigenvalue weighted by atomic mass is 16.5. The van der Waals surface area contributed by atoms with Gasteiger partial charge < -0.3 is 4.74 Å². The second-order valence-electron chi connectivity index (χ2n) is 9.14. The highest BCUT2D eigenvalue weighted by molar-refractivity contribution is 5.95. The summed E-state index contributed by atoms with van der Waals surface area (Å²) < 4.78 is 6.20. The van der Waals surface area contributed by atoms with E-state index in [1.165, 1.54) is 27.8 Å². The number of nitriles is 1. The maximum Gasteiger partial charge on any atom is 0.208 e. The molecule has 3 nitrogen and oxygen atoms in total. The molecular weight excluding hydrogens is 404 g/mol. The summed E-state index contributed by atoms with van der Waals surface area (Å²) in [4.78, 5) is 4.46. The minimum atomic E-state index is 0.354. The number of allylic oxidation sites excluding steroid dienone is 2. The van der Waals surface area contributed by atoms with Crippen molar-refractivity contribution in [2.45, 2.75) is 58.3 Å². The topological polar surface area (TPSA) is 45.4 Å². The van der Waals surface area contributed by atoms with Gasteiger partial charge in [-0.3, -0.25) is 4.99 Å². The molecule has 0 bridgehead atoms. The van der Waals surface area contributed by atoms with Gasteiger partial charge in [0.15, 0.2) is 0 Å². The largest absolute Gasteiger partial charge is 0.478 e. The van der Waals surface area contributed by atoms with Crippen LogP contribution in [0.1, 0.15) is 73.6 Å². The quantitative estimate of drug-likeness (QED) is 0.241. The van der Waals surface area contributed by atoms with Crippen molar-refractivity contribution in [2.24, 2.45) is 10.9 Å². The molecule has 2 aromatic carbocycles. The summed E-state index contributed by atoms with van der Waals surface area (Å²) >= 11 is 0. The van der Waals surface area contributed by atoms with Crippen molar-refractivity contribution in [3.8, 4) is 6.07 Å². The fraction of sp³-hybridized carbons (Fsp3) is 0.400. The van der Waals surface area contributed by atoms with Gasteiger partial charge in [0.1, 0.15) is 0 Å². The number of hydrogen-bond donors (Lipinski definition) is 0. The van der Waals surface area contributed by atoms with Crippen LogP contribution in [0, 0.1) is 24.2 Å². The van der Waals surface area contributed by atoms with E-state index in [0.717, 1.165) is 38.5 Å². The first kappa shape index (κ1) is 24.5. The third-order valence-corrected chi connectivity index (χ3v) is 6.69. The van der Waals surface area contributed by atoms with Crippen LogP contribution in [0.3, 0.4) is 0 Å². The number of ether oxygens (including phenoxy) is 1. The smallest absolute Gasteiger partial charge is 0.208 e. The summed E-state index contributed by atoms with van der Waals surface area (Å²) in [5, 5.41) is 9.13. The van der Waals surface area contributed by atoms with E-state index < -0.39 is 0 Å². The molecule has 1 fully saturated rings. The molecule has 1 aliphatic carbocycles. The van der Waals surface area contributed by atoms with Gasteiger partial charge in [-0.05, 0) is 86.1 Å². The molecule has 33 heavy (non-hydrogen) atoms. The first-order valence-corrected chi connectivity index (χ1v) is 12.1. The Bertz CT molecular complexity index is 1010. The molecule has 0 spiro atoms. The van der Waals surface area contributed by atoms with E-state index in [1.807, 2.05) is 12.1 Å². The van der Waals surface area contributed by atoms with E-state index in [-0.39, 0.29) is 0 Å². The first-order valence-electron chi connectivity index (χ1n) is 12.1. The molecule has 0 heterocycles. The van der Waals surface area contributed by atoms with Crippen molar-refractivity contribution >= 4 is 11.5 Å². The average molecular weight is 441 g/mol. The molecule has 172 valence electrons. The second kappa shape index (κ2) is 12.2. The van der Waals surface area contributed by atoms with Gasteiger partial charge in [-0.25, -0.2) is 0 Å². The van der Waals surface area contributed by atoms with Crippen molar-refractivity contribution in [3.63, 3.8) is 0 Å². The Morgan fingerprint density at radius 2 is 1.82 bits per heavy atom. The number of benzene rings is 2. The molecule has 1 unspecified atom stereocenters. The molecule has 0 saturated heterocycles. The molecule has 0 amide bonds. The fourth-order valence-electron chi connectivity index (χ4n) is 4.40. The zero-order valence-electron chi connectivity index (χ0n) is 20.3. The van der Waals surface area contributed by atoms with Gasteiger partial charge in [-0.2, -0.15) is 5.26 Å². The lowest BCUT2D eigenvalue weighted by Crippen LogP contribution is -2.17. The Kier molecular flexibility index (Phi) is 9.07. The fourth-order valence-corrected chi connectivity index (χ4v) is 4.40. The van der Waals surface area contributed by atoms with Crippen LogP contribution in [0.4, 0.5) is 0 Å². The van der Waals surface area contributed by atoms with E-state index in [0.29, 0.717) is 29.9 Å². The van der Waals surface area contributed by atoms with E-state index in [2.05, 4.69) is 74.0 Å². The number of nitrogens with zero attached hydrogens (tertiary/aromatic N) is 2. The lowest BCUT2D eigenvalue weighted by molar-refractivity contribution is 0.213. The van der Waals surface area contributed by atoms with Crippen molar-refractivity contribution in [1.82, 2.24) is 0 Å². The molecule has 3 heteroatoms. The van der Waals surface area contributed by atoms with Gasteiger partial charge >= 0.3 is 0 Å². The Hall–Kier alpha value is -3.12. The van der Waals surface area contributed by atoms with E-state index in [9.17, 15) is 0 Å². The van der Waals surface area contributed by atoms with Gasteiger partial charge in [-0.1, -0.05) is 61.0 Å². The molecule has 1 atom stereocenters. The Morgan fingerprint density at radius 1 is 1.15 bits per heavy atom. The maximum atomic E-state index is 9.13. The van der Waals surface area contributed by atoms with Crippen LogP contribution in [-0.2, 0) is 4.74 Å². The standard InChI is InChI=1S/C30H36N2O/c1-5-26(27-16-12-24(20-31)13-17-27)18-29(28-14-8-23(3)9-15-28)19-30(32-4)33-21-25-10-6-22(2)7-11-25/h8-9,12-17,19,25-26H,2,5-7,10-11,18,21H2,1,3-4H3/b29-19+,32-30?. The highest BCUT2D eigenvalue weighted by Gasteiger charge is 2.18.